The highest BCUT2D eigenvalue weighted by atomic mass is 19.4. The maximum absolute atomic E-state index is 12.5. The minimum atomic E-state index is -4.33. The van der Waals surface area contributed by atoms with Gasteiger partial charge in [-0.3, -0.25) is 4.98 Å². The highest BCUT2D eigenvalue weighted by Gasteiger charge is 2.30. The summed E-state index contributed by atoms with van der Waals surface area (Å²) in [7, 11) is 0. The van der Waals surface area contributed by atoms with E-state index in [9.17, 15) is 13.2 Å². The quantitative estimate of drug-likeness (QED) is 0.904. The number of benzene rings is 1. The maximum Gasteiger partial charge on any atom is 0.416 e. The molecular formula is C14H13F3N2. The van der Waals surface area contributed by atoms with Gasteiger partial charge >= 0.3 is 6.18 Å². The number of aromatic nitrogens is 1. The average molecular weight is 266 g/mol. The van der Waals surface area contributed by atoms with Crippen LogP contribution in [0.1, 0.15) is 28.3 Å². The van der Waals surface area contributed by atoms with Gasteiger partial charge in [-0.05, 0) is 35.7 Å². The minimum absolute atomic E-state index is 0.477. The largest absolute Gasteiger partial charge is 0.416 e. The van der Waals surface area contributed by atoms with E-state index in [1.165, 1.54) is 12.1 Å². The summed E-state index contributed by atoms with van der Waals surface area (Å²) in [6.07, 6.45) is -1.01. The predicted octanol–water partition coefficient (Wildman–Crippen LogP) is 3.46. The first-order valence-electron chi connectivity index (χ1n) is 5.72. The van der Waals surface area contributed by atoms with Crippen molar-refractivity contribution in [1.29, 1.82) is 0 Å². The fourth-order valence-corrected chi connectivity index (χ4v) is 1.82. The first-order valence-corrected chi connectivity index (χ1v) is 5.72. The van der Waals surface area contributed by atoms with Crippen molar-refractivity contribution in [3.8, 4) is 0 Å². The molecule has 0 aliphatic rings. The maximum atomic E-state index is 12.5. The first kappa shape index (κ1) is 13.5. The molecule has 0 fully saturated rings. The van der Waals surface area contributed by atoms with E-state index in [0.717, 1.165) is 23.3 Å². The zero-order chi connectivity index (χ0) is 14.0. The van der Waals surface area contributed by atoms with Crippen molar-refractivity contribution in [1.82, 2.24) is 4.98 Å². The molecule has 2 nitrogen and oxygen atoms in total. The molecule has 2 aromatic rings. The Morgan fingerprint density at radius 3 is 2.21 bits per heavy atom. The van der Waals surface area contributed by atoms with E-state index in [-0.39, 0.29) is 0 Å². The second kappa shape index (κ2) is 5.01. The number of rotatable bonds is 2. The molecule has 0 saturated carbocycles. The number of aryl methyl sites for hydroxylation is 1. The third-order valence-corrected chi connectivity index (χ3v) is 2.85. The molecule has 2 N–H and O–H groups in total. The zero-order valence-corrected chi connectivity index (χ0v) is 10.3. The summed E-state index contributed by atoms with van der Waals surface area (Å²) in [5, 5.41) is 0. The van der Waals surface area contributed by atoms with Gasteiger partial charge in [0.2, 0.25) is 0 Å². The van der Waals surface area contributed by atoms with E-state index < -0.39 is 17.8 Å². The predicted molar refractivity (Wildman–Crippen MR) is 66.4 cm³/mol. The summed E-state index contributed by atoms with van der Waals surface area (Å²) in [6.45, 7) is 1.88. The lowest BCUT2D eigenvalue weighted by molar-refractivity contribution is -0.137. The fraction of sp³-hybridized carbons (Fsp3) is 0.214. The van der Waals surface area contributed by atoms with Crippen molar-refractivity contribution in [2.75, 3.05) is 0 Å². The van der Waals surface area contributed by atoms with Crippen molar-refractivity contribution >= 4 is 0 Å². The van der Waals surface area contributed by atoms with Crippen LogP contribution in [-0.2, 0) is 6.18 Å². The van der Waals surface area contributed by atoms with E-state index in [1.54, 1.807) is 12.4 Å². The van der Waals surface area contributed by atoms with E-state index in [1.807, 2.05) is 13.0 Å². The molecule has 0 aliphatic carbocycles. The monoisotopic (exact) mass is 266 g/mol. The molecule has 2 rings (SSSR count). The Labute approximate surface area is 109 Å². The highest BCUT2D eigenvalue weighted by Crippen LogP contribution is 2.30. The Hall–Kier alpha value is -1.88. The lowest BCUT2D eigenvalue weighted by Crippen LogP contribution is -2.13. The van der Waals surface area contributed by atoms with Crippen LogP contribution in [0.5, 0.6) is 0 Å². The zero-order valence-electron chi connectivity index (χ0n) is 10.3. The van der Waals surface area contributed by atoms with Gasteiger partial charge in [-0.2, -0.15) is 13.2 Å². The third kappa shape index (κ3) is 3.12. The van der Waals surface area contributed by atoms with Crippen LogP contribution in [0.3, 0.4) is 0 Å². The van der Waals surface area contributed by atoms with Crippen molar-refractivity contribution in [3.05, 3.63) is 65.0 Å². The minimum Gasteiger partial charge on any atom is -0.320 e. The smallest absolute Gasteiger partial charge is 0.320 e. The van der Waals surface area contributed by atoms with Crippen LogP contribution in [0.15, 0.2) is 42.7 Å². The van der Waals surface area contributed by atoms with Gasteiger partial charge in [0.25, 0.3) is 0 Å². The van der Waals surface area contributed by atoms with Gasteiger partial charge in [0.15, 0.2) is 0 Å². The van der Waals surface area contributed by atoms with Gasteiger partial charge < -0.3 is 5.73 Å². The molecule has 5 heteroatoms. The lowest BCUT2D eigenvalue weighted by atomic mass is 9.99. The molecule has 0 aliphatic heterocycles. The van der Waals surface area contributed by atoms with Crippen molar-refractivity contribution in [2.45, 2.75) is 19.1 Å². The third-order valence-electron chi connectivity index (χ3n) is 2.85. The normalized spacial score (nSPS) is 13.3. The molecule has 1 aromatic carbocycles. The second-order valence-electron chi connectivity index (χ2n) is 4.39. The van der Waals surface area contributed by atoms with Crippen LogP contribution in [0.25, 0.3) is 0 Å². The molecule has 0 saturated heterocycles. The van der Waals surface area contributed by atoms with Gasteiger partial charge in [-0.15, -0.1) is 0 Å². The molecule has 100 valence electrons. The summed E-state index contributed by atoms with van der Waals surface area (Å²) in [4.78, 5) is 4.03. The molecule has 0 radical (unpaired) electrons. The number of hydrogen-bond donors (Lipinski definition) is 1. The van der Waals surface area contributed by atoms with E-state index in [0.29, 0.717) is 5.56 Å². The standard InChI is InChI=1S/C14H13F3N2/c1-9-6-11(8-19-7-9)13(18)10-2-4-12(5-3-10)14(15,16)17/h2-8,13H,18H2,1H3. The van der Waals surface area contributed by atoms with Crippen LogP contribution in [-0.4, -0.2) is 4.98 Å². The van der Waals surface area contributed by atoms with Crippen molar-refractivity contribution < 1.29 is 13.2 Å². The summed E-state index contributed by atoms with van der Waals surface area (Å²) in [6, 6.07) is 6.27. The van der Waals surface area contributed by atoms with Crippen LogP contribution in [0, 0.1) is 6.92 Å². The number of alkyl halides is 3. The Morgan fingerprint density at radius 2 is 1.68 bits per heavy atom. The van der Waals surface area contributed by atoms with Crippen LogP contribution in [0.4, 0.5) is 13.2 Å². The molecular weight excluding hydrogens is 253 g/mol. The van der Waals surface area contributed by atoms with Gasteiger partial charge in [0, 0.05) is 12.4 Å². The Balaban J connectivity index is 2.27. The van der Waals surface area contributed by atoms with E-state index >= 15 is 0 Å². The lowest BCUT2D eigenvalue weighted by Gasteiger charge is -2.14. The number of nitrogens with two attached hydrogens (primary N) is 1. The molecule has 1 unspecified atom stereocenters. The molecule has 1 heterocycles. The van der Waals surface area contributed by atoms with Crippen LogP contribution in [0.2, 0.25) is 0 Å². The summed E-state index contributed by atoms with van der Waals surface area (Å²) in [5.41, 5.74) is 7.71. The number of halogens is 3. The van der Waals surface area contributed by atoms with Gasteiger partial charge in [0.05, 0.1) is 11.6 Å². The van der Waals surface area contributed by atoms with Gasteiger partial charge in [-0.1, -0.05) is 18.2 Å². The molecule has 0 bridgehead atoms. The van der Waals surface area contributed by atoms with Crippen LogP contribution >= 0.6 is 0 Å². The van der Waals surface area contributed by atoms with Gasteiger partial charge in [-0.25, -0.2) is 0 Å². The first-order chi connectivity index (χ1) is 8.88. The SMILES string of the molecule is Cc1cncc(C(N)c2ccc(C(F)(F)F)cc2)c1. The van der Waals surface area contributed by atoms with Gasteiger partial charge in [0.1, 0.15) is 0 Å². The van der Waals surface area contributed by atoms with Crippen molar-refractivity contribution in [2.24, 2.45) is 5.73 Å². The van der Waals surface area contributed by atoms with E-state index in [2.05, 4.69) is 4.98 Å². The number of nitrogens with zero attached hydrogens (tertiary/aromatic N) is 1. The molecule has 0 spiro atoms. The molecule has 19 heavy (non-hydrogen) atoms. The topological polar surface area (TPSA) is 38.9 Å². The Kier molecular flexibility index (Phi) is 3.57. The number of pyridine rings is 1. The summed E-state index contributed by atoms with van der Waals surface area (Å²) >= 11 is 0. The average Bonchev–Trinajstić information content (AvgIpc) is 2.37. The summed E-state index contributed by atoms with van der Waals surface area (Å²) in [5.74, 6) is 0. The second-order valence-corrected chi connectivity index (χ2v) is 4.39. The molecule has 1 aromatic heterocycles. The van der Waals surface area contributed by atoms with E-state index in [4.69, 9.17) is 5.73 Å². The van der Waals surface area contributed by atoms with Crippen molar-refractivity contribution in [3.63, 3.8) is 0 Å². The molecule has 0 amide bonds. The molecule has 1 atom stereocenters. The summed E-state index contributed by atoms with van der Waals surface area (Å²) < 4.78 is 37.4. The van der Waals surface area contributed by atoms with Crippen LogP contribution < -0.4 is 5.73 Å². The highest BCUT2D eigenvalue weighted by molar-refractivity contribution is 5.33. The fourth-order valence-electron chi connectivity index (χ4n) is 1.82. The Bertz CT molecular complexity index is 562. The Morgan fingerprint density at radius 1 is 1.05 bits per heavy atom. The number of hydrogen-bond acceptors (Lipinski definition) is 2.